The number of esters is 1. The fourth-order valence-electron chi connectivity index (χ4n) is 3.12. The summed E-state index contributed by atoms with van der Waals surface area (Å²) < 4.78 is 32.1. The monoisotopic (exact) mass is 479 g/mol. The van der Waals surface area contributed by atoms with E-state index in [9.17, 15) is 18.0 Å². The van der Waals surface area contributed by atoms with Crippen molar-refractivity contribution in [1.29, 1.82) is 0 Å². The van der Waals surface area contributed by atoms with Gasteiger partial charge in [0.25, 0.3) is 5.91 Å². The van der Waals surface area contributed by atoms with Crippen molar-refractivity contribution in [2.24, 2.45) is 5.10 Å². The van der Waals surface area contributed by atoms with Gasteiger partial charge >= 0.3 is 5.97 Å². The zero-order valence-electron chi connectivity index (χ0n) is 18.6. The lowest BCUT2D eigenvalue weighted by molar-refractivity contribution is -0.121. The van der Waals surface area contributed by atoms with Crippen LogP contribution < -0.4 is 5.43 Å². The zero-order chi connectivity index (χ0) is 24.4. The highest BCUT2D eigenvalue weighted by Gasteiger charge is 2.26. The van der Waals surface area contributed by atoms with Crippen LogP contribution in [0.3, 0.4) is 0 Å². The molecule has 1 amide bonds. The Morgan fingerprint density at radius 3 is 2.18 bits per heavy atom. The molecular weight excluding hydrogens is 454 g/mol. The first-order valence-electron chi connectivity index (χ1n) is 10.5. The van der Waals surface area contributed by atoms with Gasteiger partial charge in [0.15, 0.2) is 0 Å². The van der Waals surface area contributed by atoms with Crippen molar-refractivity contribution in [2.75, 3.05) is 20.2 Å². The van der Waals surface area contributed by atoms with Crippen LogP contribution in [-0.2, 0) is 26.0 Å². The molecule has 3 aromatic carbocycles. The van der Waals surface area contributed by atoms with Gasteiger partial charge in [-0.2, -0.15) is 9.41 Å². The van der Waals surface area contributed by atoms with Gasteiger partial charge in [0, 0.05) is 6.54 Å². The second-order valence-electron chi connectivity index (χ2n) is 7.29. The molecule has 0 spiro atoms. The number of rotatable bonds is 10. The van der Waals surface area contributed by atoms with Crippen LogP contribution in [0.1, 0.15) is 21.5 Å². The highest BCUT2D eigenvalue weighted by atomic mass is 32.2. The van der Waals surface area contributed by atoms with Crippen LogP contribution in [0.5, 0.6) is 0 Å². The molecule has 0 unspecified atom stereocenters. The molecule has 0 radical (unpaired) electrons. The summed E-state index contributed by atoms with van der Waals surface area (Å²) in [6.07, 6.45) is 1.86. The molecule has 0 saturated carbocycles. The van der Waals surface area contributed by atoms with Crippen LogP contribution in [0.4, 0.5) is 0 Å². The maximum atomic E-state index is 13.2. The number of carbonyl (C=O) groups is 2. The summed E-state index contributed by atoms with van der Waals surface area (Å²) in [5, 5.41) is 3.90. The van der Waals surface area contributed by atoms with Gasteiger partial charge in [0.1, 0.15) is 0 Å². The smallest absolute Gasteiger partial charge is 0.337 e. The Morgan fingerprint density at radius 1 is 0.941 bits per heavy atom. The van der Waals surface area contributed by atoms with E-state index in [-0.39, 0.29) is 18.0 Å². The van der Waals surface area contributed by atoms with Gasteiger partial charge in [0.05, 0.1) is 30.3 Å². The molecule has 0 fully saturated rings. The molecule has 1 N–H and O–H groups in total. The van der Waals surface area contributed by atoms with E-state index < -0.39 is 21.9 Å². The zero-order valence-corrected chi connectivity index (χ0v) is 19.4. The maximum Gasteiger partial charge on any atom is 0.337 e. The van der Waals surface area contributed by atoms with Gasteiger partial charge in [-0.15, -0.1) is 0 Å². The number of sulfonamides is 1. The molecule has 0 aliphatic rings. The fourth-order valence-corrected chi connectivity index (χ4v) is 4.54. The Labute approximate surface area is 198 Å². The van der Waals surface area contributed by atoms with Gasteiger partial charge < -0.3 is 4.74 Å². The standard InChI is InChI=1S/C25H25N3O5S/c1-33-25(30)22-14-12-21(13-15-22)18-26-27-24(29)19-28(17-16-20-8-4-2-5-9-20)34(31,32)23-10-6-3-7-11-23/h2-15,18H,16-17,19H2,1H3,(H,27,29)/b26-18+. The van der Waals surface area contributed by atoms with Crippen LogP contribution >= 0.6 is 0 Å². The molecule has 0 heterocycles. The third-order valence-electron chi connectivity index (χ3n) is 4.93. The predicted molar refractivity (Wildman–Crippen MR) is 129 cm³/mol. The van der Waals surface area contributed by atoms with E-state index in [4.69, 9.17) is 0 Å². The summed E-state index contributed by atoms with van der Waals surface area (Å²) in [7, 11) is -2.58. The first-order chi connectivity index (χ1) is 16.4. The van der Waals surface area contributed by atoms with Crippen LogP contribution in [0.25, 0.3) is 0 Å². The number of benzene rings is 3. The van der Waals surface area contributed by atoms with Gasteiger partial charge in [-0.3, -0.25) is 4.79 Å². The molecule has 0 aromatic heterocycles. The van der Waals surface area contributed by atoms with Crippen molar-refractivity contribution in [2.45, 2.75) is 11.3 Å². The van der Waals surface area contributed by atoms with Crippen LogP contribution in [0.15, 0.2) is 94.9 Å². The fraction of sp³-hybridized carbons (Fsp3) is 0.160. The average Bonchev–Trinajstić information content (AvgIpc) is 2.87. The third kappa shape index (κ3) is 6.84. The molecule has 9 heteroatoms. The minimum absolute atomic E-state index is 0.116. The molecule has 0 atom stereocenters. The molecule has 3 rings (SSSR count). The Hall–Kier alpha value is -3.82. The number of hydrazone groups is 1. The predicted octanol–water partition coefficient (Wildman–Crippen LogP) is 2.86. The van der Waals surface area contributed by atoms with Crippen molar-refractivity contribution in [3.05, 3.63) is 102 Å². The number of methoxy groups -OCH3 is 1. The van der Waals surface area contributed by atoms with Crippen LogP contribution in [0, 0.1) is 0 Å². The van der Waals surface area contributed by atoms with Crippen molar-refractivity contribution in [1.82, 2.24) is 9.73 Å². The van der Waals surface area contributed by atoms with E-state index in [1.807, 2.05) is 30.3 Å². The lowest BCUT2D eigenvalue weighted by Crippen LogP contribution is -2.40. The first-order valence-corrected chi connectivity index (χ1v) is 11.9. The molecular formula is C25H25N3O5S. The summed E-state index contributed by atoms with van der Waals surface area (Å²) in [4.78, 5) is 24.1. The SMILES string of the molecule is COC(=O)c1ccc(/C=N/NC(=O)CN(CCc2ccccc2)S(=O)(=O)c2ccccc2)cc1. The van der Waals surface area contributed by atoms with Crippen molar-refractivity contribution in [3.63, 3.8) is 0 Å². The molecule has 8 nitrogen and oxygen atoms in total. The Morgan fingerprint density at radius 2 is 1.56 bits per heavy atom. The van der Waals surface area contributed by atoms with Gasteiger partial charge in [0.2, 0.25) is 10.0 Å². The van der Waals surface area contributed by atoms with Crippen LogP contribution in [0.2, 0.25) is 0 Å². The van der Waals surface area contributed by atoms with Crippen molar-refractivity contribution >= 4 is 28.1 Å². The normalized spacial score (nSPS) is 11.5. The molecule has 176 valence electrons. The third-order valence-corrected chi connectivity index (χ3v) is 6.79. The van der Waals surface area contributed by atoms with E-state index >= 15 is 0 Å². The molecule has 0 aliphatic carbocycles. The number of ether oxygens (including phenoxy) is 1. The van der Waals surface area contributed by atoms with Gasteiger partial charge in [-0.25, -0.2) is 18.6 Å². The van der Waals surface area contributed by atoms with Crippen LogP contribution in [-0.4, -0.2) is 51.0 Å². The topological polar surface area (TPSA) is 105 Å². The molecule has 0 aliphatic heterocycles. The second kappa shape index (κ2) is 11.9. The molecule has 3 aromatic rings. The van der Waals surface area contributed by atoms with Crippen molar-refractivity contribution < 1.29 is 22.7 Å². The largest absolute Gasteiger partial charge is 0.465 e. The Bertz CT molecular complexity index is 1230. The summed E-state index contributed by atoms with van der Waals surface area (Å²) in [6.45, 7) is -0.254. The number of amides is 1. The lowest BCUT2D eigenvalue weighted by Gasteiger charge is -2.21. The second-order valence-corrected chi connectivity index (χ2v) is 9.23. The molecule has 0 bridgehead atoms. The summed E-state index contributed by atoms with van der Waals surface area (Å²) >= 11 is 0. The van der Waals surface area contributed by atoms with Crippen molar-refractivity contribution in [3.8, 4) is 0 Å². The number of hydrogen-bond acceptors (Lipinski definition) is 6. The summed E-state index contributed by atoms with van der Waals surface area (Å²) in [5.41, 5.74) is 4.36. The maximum absolute atomic E-state index is 13.2. The molecule has 34 heavy (non-hydrogen) atoms. The number of nitrogens with one attached hydrogen (secondary N) is 1. The van der Waals surface area contributed by atoms with E-state index in [0.717, 1.165) is 9.87 Å². The average molecular weight is 480 g/mol. The highest BCUT2D eigenvalue weighted by molar-refractivity contribution is 7.89. The van der Waals surface area contributed by atoms with Gasteiger partial charge in [-0.1, -0.05) is 60.7 Å². The van der Waals surface area contributed by atoms with Gasteiger partial charge in [-0.05, 0) is 41.8 Å². The Kier molecular flexibility index (Phi) is 8.66. The summed E-state index contributed by atoms with van der Waals surface area (Å²) in [6, 6.07) is 23.9. The summed E-state index contributed by atoms with van der Waals surface area (Å²) in [5.74, 6) is -1.03. The van der Waals surface area contributed by atoms with E-state index in [0.29, 0.717) is 17.5 Å². The lowest BCUT2D eigenvalue weighted by atomic mass is 10.1. The number of hydrogen-bond donors (Lipinski definition) is 1. The minimum Gasteiger partial charge on any atom is -0.465 e. The van der Waals surface area contributed by atoms with E-state index in [1.54, 1.807) is 42.5 Å². The number of nitrogens with zero attached hydrogens (tertiary/aromatic N) is 2. The highest BCUT2D eigenvalue weighted by Crippen LogP contribution is 2.16. The quantitative estimate of drug-likeness (QED) is 0.274. The Balaban J connectivity index is 1.68. The van der Waals surface area contributed by atoms with E-state index in [2.05, 4.69) is 15.3 Å². The molecule has 0 saturated heterocycles. The minimum atomic E-state index is -3.88. The van der Waals surface area contributed by atoms with E-state index in [1.165, 1.54) is 25.5 Å². The number of carbonyl (C=O) groups excluding carboxylic acids is 2. The first kappa shape index (κ1) is 24.8.